The van der Waals surface area contributed by atoms with Gasteiger partial charge in [0.2, 0.25) is 0 Å². The summed E-state index contributed by atoms with van der Waals surface area (Å²) in [6.45, 7) is 2.33. The smallest absolute Gasteiger partial charge is 0.302 e. The van der Waals surface area contributed by atoms with E-state index in [1.165, 1.54) is 6.92 Å². The lowest BCUT2D eigenvalue weighted by molar-refractivity contribution is -0.141. The third kappa shape index (κ3) is 3.32. The topological polar surface area (TPSA) is 86.3 Å². The summed E-state index contributed by atoms with van der Waals surface area (Å²) in [4.78, 5) is 23.0. The van der Waals surface area contributed by atoms with Crippen molar-refractivity contribution in [3.63, 3.8) is 0 Å². The van der Waals surface area contributed by atoms with Crippen molar-refractivity contribution in [2.45, 2.75) is 45.8 Å². The Morgan fingerprint density at radius 2 is 2.17 bits per heavy atom. The molecule has 0 unspecified atom stereocenters. The number of aliphatic hydroxyl groups excluding tert-OH is 1. The molecule has 0 bridgehead atoms. The molecule has 3 aromatic rings. The van der Waals surface area contributed by atoms with Crippen molar-refractivity contribution in [3.05, 3.63) is 39.8 Å². The summed E-state index contributed by atoms with van der Waals surface area (Å²) < 4.78 is 8.85. The van der Waals surface area contributed by atoms with Gasteiger partial charge in [-0.05, 0) is 37.3 Å². The number of aldehydes is 1. The van der Waals surface area contributed by atoms with Crippen LogP contribution in [0, 0.1) is 0 Å². The lowest BCUT2D eigenvalue weighted by Crippen LogP contribution is -2.03. The van der Waals surface area contributed by atoms with Gasteiger partial charge < -0.3 is 14.4 Å². The molecule has 0 saturated heterocycles. The second-order valence-electron chi connectivity index (χ2n) is 7.56. The fourth-order valence-corrected chi connectivity index (χ4v) is 4.77. The molecule has 4 rings (SSSR count). The Labute approximate surface area is 179 Å². The van der Waals surface area contributed by atoms with Crippen molar-refractivity contribution in [3.8, 4) is 11.1 Å². The van der Waals surface area contributed by atoms with Gasteiger partial charge in [-0.3, -0.25) is 14.3 Å². The van der Waals surface area contributed by atoms with Crippen LogP contribution in [0.5, 0.6) is 0 Å². The molecule has 0 saturated carbocycles. The second-order valence-corrected chi connectivity index (χ2v) is 7.96. The summed E-state index contributed by atoms with van der Waals surface area (Å²) in [6, 6.07) is 3.77. The van der Waals surface area contributed by atoms with E-state index in [0.29, 0.717) is 35.9 Å². The minimum absolute atomic E-state index is 0.178. The molecule has 0 spiro atoms. The van der Waals surface area contributed by atoms with E-state index in [1.54, 1.807) is 0 Å². The predicted octanol–water partition coefficient (Wildman–Crippen LogP) is 3.44. The van der Waals surface area contributed by atoms with Gasteiger partial charge >= 0.3 is 5.97 Å². The summed E-state index contributed by atoms with van der Waals surface area (Å²) in [5.74, 6) is -0.316. The van der Waals surface area contributed by atoms with Gasteiger partial charge in [-0.1, -0.05) is 17.7 Å². The van der Waals surface area contributed by atoms with E-state index in [-0.39, 0.29) is 12.6 Å². The Morgan fingerprint density at radius 1 is 1.37 bits per heavy atom. The molecular formula is C22H24ClN3O4. The number of aromatic nitrogens is 3. The minimum Gasteiger partial charge on any atom is -0.466 e. The number of hydrogen-bond acceptors (Lipinski definition) is 5. The van der Waals surface area contributed by atoms with Crippen LogP contribution in [-0.2, 0) is 42.6 Å². The Kier molecular flexibility index (Phi) is 5.66. The number of esters is 1. The summed E-state index contributed by atoms with van der Waals surface area (Å²) in [5.41, 5.74) is 5.67. The minimum atomic E-state index is -0.316. The molecule has 1 aliphatic heterocycles. The Bertz CT molecular complexity index is 1150. The summed E-state index contributed by atoms with van der Waals surface area (Å²) in [7, 11) is 1.85. The number of fused-ring (bicyclic) bond motifs is 2. The SMILES string of the molecule is CC(=O)OCCCc1c(C=O)n(C)c2c(-c3c(CO)nn4c3CCC4)c(Cl)ccc12. The van der Waals surface area contributed by atoms with Gasteiger partial charge in [0.05, 0.1) is 35.1 Å². The summed E-state index contributed by atoms with van der Waals surface area (Å²) in [6.07, 6.45) is 3.94. The Balaban J connectivity index is 1.90. The first-order valence-electron chi connectivity index (χ1n) is 10.1. The second kappa shape index (κ2) is 8.24. The van der Waals surface area contributed by atoms with Crippen LogP contribution in [0.25, 0.3) is 22.0 Å². The van der Waals surface area contributed by atoms with E-state index >= 15 is 0 Å². The monoisotopic (exact) mass is 429 g/mol. The van der Waals surface area contributed by atoms with E-state index < -0.39 is 0 Å². The molecule has 158 valence electrons. The summed E-state index contributed by atoms with van der Waals surface area (Å²) >= 11 is 6.69. The third-order valence-electron chi connectivity index (χ3n) is 5.76. The number of aryl methyl sites for hydroxylation is 3. The van der Waals surface area contributed by atoms with Crippen LogP contribution in [-0.4, -0.2) is 38.3 Å². The molecule has 2 aromatic heterocycles. The van der Waals surface area contributed by atoms with E-state index in [9.17, 15) is 14.7 Å². The predicted molar refractivity (Wildman–Crippen MR) is 114 cm³/mol. The van der Waals surface area contributed by atoms with Gasteiger partial charge in [-0.25, -0.2) is 0 Å². The van der Waals surface area contributed by atoms with Crippen molar-refractivity contribution < 1.29 is 19.4 Å². The molecule has 0 aliphatic carbocycles. The molecule has 1 aliphatic rings. The van der Waals surface area contributed by atoms with E-state index in [1.807, 2.05) is 28.4 Å². The summed E-state index contributed by atoms with van der Waals surface area (Å²) in [5, 5.41) is 16.0. The highest BCUT2D eigenvalue weighted by Gasteiger charge is 2.28. The fourth-order valence-electron chi connectivity index (χ4n) is 4.52. The van der Waals surface area contributed by atoms with Gasteiger partial charge in [-0.15, -0.1) is 0 Å². The highest BCUT2D eigenvalue weighted by Crippen LogP contribution is 2.42. The third-order valence-corrected chi connectivity index (χ3v) is 6.07. The number of hydrogen-bond donors (Lipinski definition) is 1. The Morgan fingerprint density at radius 3 is 2.87 bits per heavy atom. The van der Waals surface area contributed by atoms with E-state index in [4.69, 9.17) is 16.3 Å². The zero-order valence-corrected chi connectivity index (χ0v) is 17.8. The molecule has 7 nitrogen and oxygen atoms in total. The first-order valence-corrected chi connectivity index (χ1v) is 10.4. The van der Waals surface area contributed by atoms with Crippen LogP contribution in [0.3, 0.4) is 0 Å². The largest absolute Gasteiger partial charge is 0.466 e. The molecule has 30 heavy (non-hydrogen) atoms. The quantitative estimate of drug-likeness (QED) is 0.353. The maximum absolute atomic E-state index is 12.0. The molecule has 0 radical (unpaired) electrons. The fraction of sp³-hybridized carbons (Fsp3) is 0.409. The maximum atomic E-state index is 12.0. The van der Waals surface area contributed by atoms with Crippen molar-refractivity contribution in [1.29, 1.82) is 0 Å². The number of ether oxygens (including phenoxy) is 1. The molecule has 3 heterocycles. The number of carbonyl (C=O) groups excluding carboxylic acids is 2. The van der Waals surface area contributed by atoms with Gasteiger partial charge in [0.15, 0.2) is 6.29 Å². The zero-order valence-electron chi connectivity index (χ0n) is 17.1. The lowest BCUT2D eigenvalue weighted by atomic mass is 9.97. The van der Waals surface area contributed by atoms with Gasteiger partial charge in [0, 0.05) is 42.7 Å². The van der Waals surface area contributed by atoms with Gasteiger partial charge in [0.1, 0.15) is 0 Å². The number of aliphatic hydroxyl groups is 1. The Hall–Kier alpha value is -2.64. The van der Waals surface area contributed by atoms with Crippen LogP contribution in [0.2, 0.25) is 5.02 Å². The number of benzene rings is 1. The average Bonchev–Trinajstić information content (AvgIpc) is 3.37. The molecule has 0 atom stereocenters. The lowest BCUT2D eigenvalue weighted by Gasteiger charge is -2.11. The first kappa shape index (κ1) is 20.6. The number of nitrogens with zero attached hydrogens (tertiary/aromatic N) is 3. The highest BCUT2D eigenvalue weighted by atomic mass is 35.5. The first-order chi connectivity index (χ1) is 14.5. The van der Waals surface area contributed by atoms with Gasteiger partial charge in [0.25, 0.3) is 0 Å². The molecule has 0 amide bonds. The van der Waals surface area contributed by atoms with Crippen molar-refractivity contribution in [2.24, 2.45) is 7.05 Å². The molecule has 1 N–H and O–H groups in total. The van der Waals surface area contributed by atoms with Crippen LogP contribution in [0.1, 0.15) is 47.2 Å². The van der Waals surface area contributed by atoms with Crippen LogP contribution in [0.15, 0.2) is 12.1 Å². The normalized spacial score (nSPS) is 13.1. The van der Waals surface area contributed by atoms with Crippen LogP contribution >= 0.6 is 11.6 Å². The molecule has 0 fully saturated rings. The molecular weight excluding hydrogens is 406 g/mol. The molecule has 1 aromatic carbocycles. The number of halogens is 1. The van der Waals surface area contributed by atoms with Crippen molar-refractivity contribution in [1.82, 2.24) is 14.3 Å². The highest BCUT2D eigenvalue weighted by molar-refractivity contribution is 6.35. The van der Waals surface area contributed by atoms with Crippen LogP contribution < -0.4 is 0 Å². The standard InChI is InChI=1S/C22H24ClN3O4/c1-13(29)30-10-4-5-14-15-7-8-16(23)20(22(15)25(2)19(14)12-28)21-17(11-27)24-26-9-3-6-18(21)26/h7-8,12,27H,3-6,9-11H2,1-2H3. The average molecular weight is 430 g/mol. The molecule has 8 heteroatoms. The van der Waals surface area contributed by atoms with Gasteiger partial charge in [-0.2, -0.15) is 5.10 Å². The number of carbonyl (C=O) groups is 2. The van der Waals surface area contributed by atoms with E-state index in [2.05, 4.69) is 5.10 Å². The van der Waals surface area contributed by atoms with Crippen molar-refractivity contribution >= 4 is 34.8 Å². The van der Waals surface area contributed by atoms with Crippen molar-refractivity contribution in [2.75, 3.05) is 6.61 Å². The zero-order chi connectivity index (χ0) is 21.4. The van der Waals surface area contributed by atoms with Crippen LogP contribution in [0.4, 0.5) is 0 Å². The van der Waals surface area contributed by atoms with E-state index in [0.717, 1.165) is 59.0 Å². The number of rotatable bonds is 7. The maximum Gasteiger partial charge on any atom is 0.302 e.